The zero-order valence-electron chi connectivity index (χ0n) is 19.8. The number of carbonyl (C=O) groups excluding carboxylic acids is 1. The average Bonchev–Trinajstić information content (AvgIpc) is 3.27. The summed E-state index contributed by atoms with van der Waals surface area (Å²) in [6.07, 6.45) is 1.98. The predicted octanol–water partition coefficient (Wildman–Crippen LogP) is 2.99. The molecule has 188 valence electrons. The third-order valence-electron chi connectivity index (χ3n) is 7.01. The number of sulfonamides is 1. The Morgan fingerprint density at radius 2 is 1.80 bits per heavy atom. The Morgan fingerprint density at radius 3 is 2.46 bits per heavy atom. The van der Waals surface area contributed by atoms with Crippen molar-refractivity contribution in [2.24, 2.45) is 5.41 Å². The average molecular weight is 504 g/mol. The van der Waals surface area contributed by atoms with Crippen molar-refractivity contribution in [1.29, 1.82) is 0 Å². The molecule has 0 aliphatic carbocycles. The number of hydrogen-bond acceptors (Lipinski definition) is 7. The van der Waals surface area contributed by atoms with Gasteiger partial charge in [0.2, 0.25) is 10.0 Å². The van der Waals surface area contributed by atoms with E-state index in [4.69, 9.17) is 9.47 Å². The molecular formula is C24H29N3O7S. The van der Waals surface area contributed by atoms with Crippen molar-refractivity contribution in [2.75, 3.05) is 39.9 Å². The van der Waals surface area contributed by atoms with Gasteiger partial charge in [-0.15, -0.1) is 0 Å². The number of aryl methyl sites for hydroxylation is 1. The molecule has 2 aromatic carbocycles. The van der Waals surface area contributed by atoms with Crippen LogP contribution in [0.4, 0.5) is 5.69 Å². The summed E-state index contributed by atoms with van der Waals surface area (Å²) < 4.78 is 38.6. The minimum atomic E-state index is -4.05. The lowest BCUT2D eigenvalue weighted by Crippen LogP contribution is -2.46. The van der Waals surface area contributed by atoms with Crippen molar-refractivity contribution < 1.29 is 27.6 Å². The van der Waals surface area contributed by atoms with Gasteiger partial charge in [0.1, 0.15) is 11.5 Å². The van der Waals surface area contributed by atoms with Crippen LogP contribution in [0.1, 0.15) is 24.8 Å². The summed E-state index contributed by atoms with van der Waals surface area (Å²) in [5.74, 6) is 0.801. The molecule has 35 heavy (non-hydrogen) atoms. The van der Waals surface area contributed by atoms with Gasteiger partial charge in [0.25, 0.3) is 11.6 Å². The van der Waals surface area contributed by atoms with Gasteiger partial charge in [0, 0.05) is 26.2 Å². The van der Waals surface area contributed by atoms with Crippen molar-refractivity contribution in [3.63, 3.8) is 0 Å². The molecule has 2 saturated heterocycles. The molecular weight excluding hydrogens is 474 g/mol. The summed E-state index contributed by atoms with van der Waals surface area (Å²) in [6.45, 7) is 3.49. The van der Waals surface area contributed by atoms with E-state index in [2.05, 4.69) is 0 Å². The summed E-state index contributed by atoms with van der Waals surface area (Å²) in [6, 6.07) is 11.3. The number of methoxy groups -OCH3 is 1. The lowest BCUT2D eigenvalue weighted by molar-refractivity contribution is -0.387. The molecule has 1 spiro atoms. The normalized spacial score (nSPS) is 17.9. The molecule has 2 aliphatic rings. The van der Waals surface area contributed by atoms with E-state index >= 15 is 0 Å². The van der Waals surface area contributed by atoms with Gasteiger partial charge in [-0.05, 0) is 55.4 Å². The van der Waals surface area contributed by atoms with Crippen LogP contribution < -0.4 is 9.47 Å². The molecule has 0 N–H and O–H groups in total. The van der Waals surface area contributed by atoms with Crippen LogP contribution in [0.5, 0.6) is 11.5 Å². The first-order valence-electron chi connectivity index (χ1n) is 11.4. The molecule has 2 aromatic rings. The first-order chi connectivity index (χ1) is 16.6. The van der Waals surface area contributed by atoms with Gasteiger partial charge in [-0.2, -0.15) is 4.31 Å². The first-order valence-corrected chi connectivity index (χ1v) is 12.9. The number of piperidine rings is 1. The van der Waals surface area contributed by atoms with Crippen molar-refractivity contribution in [3.05, 3.63) is 58.1 Å². The van der Waals surface area contributed by atoms with Crippen molar-refractivity contribution in [3.8, 4) is 11.5 Å². The van der Waals surface area contributed by atoms with Crippen LogP contribution in [-0.2, 0) is 14.8 Å². The highest BCUT2D eigenvalue weighted by Gasteiger charge is 2.46. The van der Waals surface area contributed by atoms with E-state index in [1.165, 1.54) is 23.5 Å². The van der Waals surface area contributed by atoms with Gasteiger partial charge in [-0.3, -0.25) is 14.9 Å². The zero-order valence-corrected chi connectivity index (χ0v) is 20.6. The monoisotopic (exact) mass is 503 g/mol. The van der Waals surface area contributed by atoms with Crippen LogP contribution >= 0.6 is 0 Å². The largest absolute Gasteiger partial charge is 0.497 e. The number of nitro benzene ring substituents is 1. The van der Waals surface area contributed by atoms with Crippen LogP contribution in [0.2, 0.25) is 0 Å². The van der Waals surface area contributed by atoms with E-state index in [0.717, 1.165) is 11.6 Å². The second kappa shape index (κ2) is 9.82. The van der Waals surface area contributed by atoms with Gasteiger partial charge in [-0.25, -0.2) is 8.42 Å². The number of nitro groups is 1. The Morgan fingerprint density at radius 1 is 1.11 bits per heavy atom. The Balaban J connectivity index is 1.39. The minimum Gasteiger partial charge on any atom is -0.497 e. The fourth-order valence-electron chi connectivity index (χ4n) is 4.81. The fraction of sp³-hybridized carbons (Fsp3) is 0.458. The Hall–Kier alpha value is -3.18. The molecule has 0 radical (unpaired) electrons. The quantitative estimate of drug-likeness (QED) is 0.421. The molecule has 1 amide bonds. The second-order valence-electron chi connectivity index (χ2n) is 9.11. The number of rotatable bonds is 7. The standard InChI is InChI=1S/C24H29N3O7S/c1-18-5-3-4-6-21(18)34-16-23(28)25-12-9-24(10-13-25)11-14-26(17-24)35(31,32)22-8-7-19(33-2)15-20(22)27(29)30/h3-8,15H,9-14,16-17H2,1-2H3. The molecule has 11 heteroatoms. The number of amides is 1. The van der Waals surface area contributed by atoms with E-state index in [1.54, 1.807) is 4.90 Å². The maximum atomic E-state index is 13.3. The van der Waals surface area contributed by atoms with E-state index in [-0.39, 0.29) is 41.7 Å². The molecule has 10 nitrogen and oxygen atoms in total. The maximum Gasteiger partial charge on any atom is 0.293 e. The minimum absolute atomic E-state index is 0.0422. The molecule has 2 aliphatic heterocycles. The molecule has 2 fully saturated rings. The summed E-state index contributed by atoms with van der Waals surface area (Å²) in [5.41, 5.74) is 0.212. The number of likely N-dealkylation sites (tertiary alicyclic amines) is 1. The third-order valence-corrected chi connectivity index (χ3v) is 8.90. The Labute approximate surface area is 204 Å². The van der Waals surface area contributed by atoms with Gasteiger partial charge in [-0.1, -0.05) is 18.2 Å². The van der Waals surface area contributed by atoms with Gasteiger partial charge in [0.05, 0.1) is 18.1 Å². The van der Waals surface area contributed by atoms with E-state index in [9.17, 15) is 23.3 Å². The summed E-state index contributed by atoms with van der Waals surface area (Å²) in [7, 11) is -2.69. The topological polar surface area (TPSA) is 119 Å². The molecule has 0 aromatic heterocycles. The maximum absolute atomic E-state index is 13.3. The summed E-state index contributed by atoms with van der Waals surface area (Å²) >= 11 is 0. The summed E-state index contributed by atoms with van der Waals surface area (Å²) in [4.78, 5) is 24.9. The Kier molecular flexibility index (Phi) is 7.00. The van der Waals surface area contributed by atoms with Gasteiger partial charge >= 0.3 is 0 Å². The molecule has 0 saturated carbocycles. The van der Waals surface area contributed by atoms with Crippen LogP contribution in [-0.4, -0.2) is 68.3 Å². The smallest absolute Gasteiger partial charge is 0.293 e. The fourth-order valence-corrected chi connectivity index (χ4v) is 6.50. The molecule has 4 rings (SSSR count). The highest BCUT2D eigenvalue weighted by atomic mass is 32.2. The summed E-state index contributed by atoms with van der Waals surface area (Å²) in [5, 5.41) is 11.5. The molecule has 2 heterocycles. The van der Waals surface area contributed by atoms with Crippen LogP contribution in [0.15, 0.2) is 47.4 Å². The second-order valence-corrected chi connectivity index (χ2v) is 11.0. The number of carbonyl (C=O) groups is 1. The van der Waals surface area contributed by atoms with Crippen LogP contribution in [0, 0.1) is 22.5 Å². The van der Waals surface area contributed by atoms with Crippen LogP contribution in [0.25, 0.3) is 0 Å². The van der Waals surface area contributed by atoms with Gasteiger partial charge < -0.3 is 14.4 Å². The highest BCUT2D eigenvalue weighted by Crippen LogP contribution is 2.43. The van der Waals surface area contributed by atoms with Crippen molar-refractivity contribution in [2.45, 2.75) is 31.1 Å². The van der Waals surface area contributed by atoms with Crippen LogP contribution in [0.3, 0.4) is 0 Å². The number of hydrogen-bond donors (Lipinski definition) is 0. The lowest BCUT2D eigenvalue weighted by atomic mass is 9.78. The molecule has 0 unspecified atom stereocenters. The predicted molar refractivity (Wildman–Crippen MR) is 128 cm³/mol. The number of ether oxygens (including phenoxy) is 2. The molecule has 0 bridgehead atoms. The number of para-hydroxylation sites is 1. The van der Waals surface area contributed by atoms with Crippen molar-refractivity contribution in [1.82, 2.24) is 9.21 Å². The number of benzene rings is 2. The Bertz CT molecular complexity index is 1220. The van der Waals surface area contributed by atoms with Crippen molar-refractivity contribution >= 4 is 21.6 Å². The first kappa shape index (κ1) is 24.9. The lowest BCUT2D eigenvalue weighted by Gasteiger charge is -2.39. The third kappa shape index (κ3) is 5.10. The van der Waals surface area contributed by atoms with E-state index in [1.807, 2.05) is 31.2 Å². The molecule has 0 atom stereocenters. The SMILES string of the molecule is COc1ccc(S(=O)(=O)N2CCC3(CCN(C(=O)COc4ccccc4C)CC3)C2)c([N+](=O)[O-])c1. The van der Waals surface area contributed by atoms with Gasteiger partial charge in [0.15, 0.2) is 11.5 Å². The highest BCUT2D eigenvalue weighted by molar-refractivity contribution is 7.89. The van der Waals surface area contributed by atoms with E-state index < -0.39 is 20.6 Å². The zero-order chi connectivity index (χ0) is 25.2. The number of nitrogens with zero attached hydrogens (tertiary/aromatic N) is 3. The van der Waals surface area contributed by atoms with E-state index in [0.29, 0.717) is 38.1 Å².